The maximum Gasteiger partial charge on any atom is 0.253 e. The predicted octanol–water partition coefficient (Wildman–Crippen LogP) is 1.60. The lowest BCUT2D eigenvalue weighted by molar-refractivity contribution is -0.117. The molecule has 6 nitrogen and oxygen atoms in total. The van der Waals surface area contributed by atoms with Crippen LogP contribution in [0.2, 0.25) is 0 Å². The van der Waals surface area contributed by atoms with E-state index < -0.39 is 0 Å². The lowest BCUT2D eigenvalue weighted by atomic mass is 10.1. The van der Waals surface area contributed by atoms with Gasteiger partial charge in [-0.2, -0.15) is 0 Å². The van der Waals surface area contributed by atoms with Crippen molar-refractivity contribution in [3.05, 3.63) is 29.8 Å². The van der Waals surface area contributed by atoms with Crippen molar-refractivity contribution in [1.29, 1.82) is 0 Å². The number of ether oxygens (including phenoxy) is 1. The molecule has 136 valence electrons. The summed E-state index contributed by atoms with van der Waals surface area (Å²) in [6.07, 6.45) is 2.65. The summed E-state index contributed by atoms with van der Waals surface area (Å²) in [6, 6.07) is 7.71. The first-order valence-electron chi connectivity index (χ1n) is 8.88. The summed E-state index contributed by atoms with van der Waals surface area (Å²) < 4.78 is 5.44. The summed E-state index contributed by atoms with van der Waals surface area (Å²) in [5, 5.41) is 0. The van der Waals surface area contributed by atoms with Gasteiger partial charge in [0.15, 0.2) is 0 Å². The van der Waals surface area contributed by atoms with E-state index in [-0.39, 0.29) is 17.9 Å². The molecular formula is C19H27N3O3. The first kappa shape index (κ1) is 17.9. The Kier molecular flexibility index (Phi) is 5.39. The Morgan fingerprint density at radius 3 is 2.84 bits per heavy atom. The average molecular weight is 345 g/mol. The number of amides is 2. The number of rotatable bonds is 5. The lowest BCUT2D eigenvalue weighted by Gasteiger charge is -2.26. The molecular weight excluding hydrogens is 318 g/mol. The van der Waals surface area contributed by atoms with Crippen molar-refractivity contribution in [3.8, 4) is 0 Å². The summed E-state index contributed by atoms with van der Waals surface area (Å²) in [7, 11) is 5.65. The van der Waals surface area contributed by atoms with Gasteiger partial charge in [-0.25, -0.2) is 0 Å². The molecule has 1 aromatic rings. The fourth-order valence-corrected chi connectivity index (χ4v) is 3.76. The molecule has 0 N–H and O–H groups in total. The topological polar surface area (TPSA) is 53.1 Å². The monoisotopic (exact) mass is 345 g/mol. The number of hydrogen-bond acceptors (Lipinski definition) is 4. The smallest absolute Gasteiger partial charge is 0.253 e. The van der Waals surface area contributed by atoms with E-state index in [4.69, 9.17) is 4.74 Å². The molecule has 6 heteroatoms. The highest BCUT2D eigenvalue weighted by Gasteiger charge is 2.31. The van der Waals surface area contributed by atoms with Gasteiger partial charge in [-0.3, -0.25) is 14.5 Å². The quantitative estimate of drug-likeness (QED) is 0.813. The molecule has 2 aliphatic rings. The second-order valence-electron chi connectivity index (χ2n) is 7.07. The van der Waals surface area contributed by atoms with Gasteiger partial charge in [-0.15, -0.1) is 0 Å². The molecule has 2 atom stereocenters. The maximum absolute atomic E-state index is 12.8. The van der Waals surface area contributed by atoms with Crippen LogP contribution < -0.4 is 4.90 Å². The normalized spacial score (nSPS) is 24.1. The summed E-state index contributed by atoms with van der Waals surface area (Å²) in [6.45, 7) is 2.30. The molecule has 0 aromatic heterocycles. The number of anilines is 1. The maximum atomic E-state index is 12.8. The summed E-state index contributed by atoms with van der Waals surface area (Å²) in [5.41, 5.74) is 1.45. The third-order valence-electron chi connectivity index (χ3n) is 5.29. The Labute approximate surface area is 149 Å². The molecule has 2 fully saturated rings. The number of nitrogens with zero attached hydrogens (tertiary/aromatic N) is 3. The minimum Gasteiger partial charge on any atom is -0.380 e. The second-order valence-corrected chi connectivity index (χ2v) is 7.07. The van der Waals surface area contributed by atoms with E-state index in [2.05, 4.69) is 11.9 Å². The largest absolute Gasteiger partial charge is 0.380 e. The highest BCUT2D eigenvalue weighted by Crippen LogP contribution is 2.23. The number of likely N-dealkylation sites (tertiary alicyclic amines) is 1. The van der Waals surface area contributed by atoms with E-state index in [9.17, 15) is 9.59 Å². The average Bonchev–Trinajstić information content (AvgIpc) is 3.20. The molecule has 0 radical (unpaired) electrons. The predicted molar refractivity (Wildman–Crippen MR) is 96.8 cm³/mol. The van der Waals surface area contributed by atoms with Crippen molar-refractivity contribution >= 4 is 17.5 Å². The Hall–Kier alpha value is -1.92. The number of methoxy groups -OCH3 is 1. The SMILES string of the molecule is CO[C@H]1C[C@@H](CN(C)C(=O)c2cccc(N3CCCC3=O)c2)N(C)C1. The van der Waals surface area contributed by atoms with E-state index in [1.54, 1.807) is 16.9 Å². The second kappa shape index (κ2) is 7.54. The fraction of sp³-hybridized carbons (Fsp3) is 0.579. The van der Waals surface area contributed by atoms with Crippen LogP contribution in [0, 0.1) is 0 Å². The highest BCUT2D eigenvalue weighted by molar-refractivity contribution is 5.99. The number of carbonyl (C=O) groups excluding carboxylic acids is 2. The molecule has 2 saturated heterocycles. The minimum absolute atomic E-state index is 0.0113. The van der Waals surface area contributed by atoms with Gasteiger partial charge in [0.05, 0.1) is 6.10 Å². The Bertz CT molecular complexity index is 649. The molecule has 25 heavy (non-hydrogen) atoms. The van der Waals surface area contributed by atoms with Crippen LogP contribution in [-0.4, -0.2) is 74.6 Å². The molecule has 0 bridgehead atoms. The first-order chi connectivity index (χ1) is 12.0. The van der Waals surface area contributed by atoms with Gasteiger partial charge in [-0.1, -0.05) is 6.07 Å². The fourth-order valence-electron chi connectivity index (χ4n) is 3.76. The van der Waals surface area contributed by atoms with Crippen molar-refractivity contribution < 1.29 is 14.3 Å². The minimum atomic E-state index is -0.0113. The number of benzene rings is 1. The van der Waals surface area contributed by atoms with Crippen LogP contribution >= 0.6 is 0 Å². The summed E-state index contributed by atoms with van der Waals surface area (Å²) in [4.78, 5) is 30.5. The molecule has 2 aliphatic heterocycles. The van der Waals surface area contributed by atoms with Gasteiger partial charge in [0.2, 0.25) is 5.91 Å². The van der Waals surface area contributed by atoms with Crippen LogP contribution in [0.3, 0.4) is 0 Å². The number of carbonyl (C=O) groups is 2. The van der Waals surface area contributed by atoms with Gasteiger partial charge in [0.25, 0.3) is 5.91 Å². The van der Waals surface area contributed by atoms with Crippen LogP contribution in [0.15, 0.2) is 24.3 Å². The third kappa shape index (κ3) is 3.85. The van der Waals surface area contributed by atoms with Gasteiger partial charge in [0.1, 0.15) is 0 Å². The zero-order chi connectivity index (χ0) is 18.0. The molecule has 0 aliphatic carbocycles. The van der Waals surface area contributed by atoms with E-state index in [0.717, 1.165) is 31.6 Å². The van der Waals surface area contributed by atoms with Crippen molar-refractivity contribution in [3.63, 3.8) is 0 Å². The van der Waals surface area contributed by atoms with Crippen LogP contribution in [0.5, 0.6) is 0 Å². The van der Waals surface area contributed by atoms with E-state index >= 15 is 0 Å². The first-order valence-corrected chi connectivity index (χ1v) is 8.88. The van der Waals surface area contributed by atoms with Crippen LogP contribution in [0.25, 0.3) is 0 Å². The molecule has 0 unspecified atom stereocenters. The van der Waals surface area contributed by atoms with Gasteiger partial charge >= 0.3 is 0 Å². The third-order valence-corrected chi connectivity index (χ3v) is 5.29. The highest BCUT2D eigenvalue weighted by atomic mass is 16.5. The van der Waals surface area contributed by atoms with Crippen LogP contribution in [0.4, 0.5) is 5.69 Å². The number of likely N-dealkylation sites (N-methyl/N-ethyl adjacent to an activating group) is 2. The van der Waals surface area contributed by atoms with Crippen molar-refractivity contribution in [1.82, 2.24) is 9.80 Å². The van der Waals surface area contributed by atoms with Crippen molar-refractivity contribution in [2.75, 3.05) is 45.7 Å². The lowest BCUT2D eigenvalue weighted by Crippen LogP contribution is -2.39. The van der Waals surface area contributed by atoms with Gasteiger partial charge in [-0.05, 0) is 38.1 Å². The van der Waals surface area contributed by atoms with Crippen molar-refractivity contribution in [2.45, 2.75) is 31.4 Å². The standard InChI is InChI=1S/C19H27N3O3/c1-20-13-17(25-3)11-16(20)12-21(2)19(24)14-6-4-7-15(10-14)22-9-5-8-18(22)23/h4,6-7,10,16-17H,5,8-9,11-13H2,1-3H3/t16-,17-/m0/s1. The zero-order valence-electron chi connectivity index (χ0n) is 15.3. The molecule has 2 heterocycles. The van der Waals surface area contributed by atoms with Crippen LogP contribution in [-0.2, 0) is 9.53 Å². The Morgan fingerprint density at radius 1 is 1.40 bits per heavy atom. The molecule has 1 aromatic carbocycles. The summed E-state index contributed by atoms with van der Waals surface area (Å²) in [5.74, 6) is 0.124. The zero-order valence-corrected chi connectivity index (χ0v) is 15.3. The van der Waals surface area contributed by atoms with Crippen LogP contribution in [0.1, 0.15) is 29.6 Å². The van der Waals surface area contributed by atoms with Crippen molar-refractivity contribution in [2.24, 2.45) is 0 Å². The molecule has 0 spiro atoms. The van der Waals surface area contributed by atoms with E-state index in [1.165, 1.54) is 0 Å². The Balaban J connectivity index is 1.67. The van der Waals surface area contributed by atoms with Gasteiger partial charge < -0.3 is 14.5 Å². The molecule has 2 amide bonds. The van der Waals surface area contributed by atoms with Gasteiger partial charge in [0, 0.05) is 57.5 Å². The molecule has 0 saturated carbocycles. The van der Waals surface area contributed by atoms with E-state index in [0.29, 0.717) is 24.6 Å². The number of hydrogen-bond donors (Lipinski definition) is 0. The summed E-state index contributed by atoms with van der Waals surface area (Å²) >= 11 is 0. The van der Waals surface area contributed by atoms with E-state index in [1.807, 2.05) is 31.3 Å². The molecule has 3 rings (SSSR count). The Morgan fingerprint density at radius 2 is 2.20 bits per heavy atom.